The highest BCUT2D eigenvalue weighted by molar-refractivity contribution is 5.83. The highest BCUT2D eigenvalue weighted by Gasteiger charge is 2.58. The molecule has 2 aliphatic carbocycles. The van der Waals surface area contributed by atoms with Gasteiger partial charge in [-0.1, -0.05) is 26.8 Å². The highest BCUT2D eigenvalue weighted by atomic mass is 16.5. The van der Waals surface area contributed by atoms with E-state index in [-0.39, 0.29) is 22.9 Å². The van der Waals surface area contributed by atoms with E-state index in [0.717, 1.165) is 25.7 Å². The quantitative estimate of drug-likeness (QED) is 0.713. The first-order valence-electron chi connectivity index (χ1n) is 7.12. The molecule has 18 heavy (non-hydrogen) atoms. The summed E-state index contributed by atoms with van der Waals surface area (Å²) in [4.78, 5) is 12.3. The summed E-state index contributed by atoms with van der Waals surface area (Å²) in [6.07, 6.45) is 6.42. The lowest BCUT2D eigenvalue weighted by Crippen LogP contribution is -2.46. The number of allylic oxidation sites excluding steroid dienone is 1. The summed E-state index contributed by atoms with van der Waals surface area (Å²) in [5.41, 5.74) is 1.27. The van der Waals surface area contributed by atoms with Crippen LogP contribution in [0.3, 0.4) is 0 Å². The normalized spacial score (nSPS) is 39.7. The number of methoxy groups -OCH3 is 1. The van der Waals surface area contributed by atoms with Crippen LogP contribution in [0.5, 0.6) is 0 Å². The van der Waals surface area contributed by atoms with Crippen molar-refractivity contribution in [1.82, 2.24) is 0 Å². The number of ether oxygens (including phenoxy) is 1. The second-order valence-electron chi connectivity index (χ2n) is 6.68. The van der Waals surface area contributed by atoms with Gasteiger partial charge in [0.25, 0.3) is 0 Å². The van der Waals surface area contributed by atoms with Gasteiger partial charge in [-0.05, 0) is 38.2 Å². The van der Waals surface area contributed by atoms with Crippen molar-refractivity contribution in [2.24, 2.45) is 17.3 Å². The number of carbonyl (C=O) groups excluding carboxylic acids is 1. The molecule has 2 nitrogen and oxygen atoms in total. The maximum absolute atomic E-state index is 12.3. The molecule has 0 aromatic carbocycles. The van der Waals surface area contributed by atoms with Gasteiger partial charge in [0.1, 0.15) is 5.78 Å². The van der Waals surface area contributed by atoms with Gasteiger partial charge in [-0.3, -0.25) is 4.79 Å². The Hall–Kier alpha value is -0.630. The van der Waals surface area contributed by atoms with Gasteiger partial charge in [0, 0.05) is 24.4 Å². The first-order chi connectivity index (χ1) is 8.36. The molecule has 2 rings (SSSR count). The Morgan fingerprint density at radius 1 is 1.44 bits per heavy atom. The van der Waals surface area contributed by atoms with Gasteiger partial charge in [0.05, 0.1) is 5.60 Å². The molecule has 2 aliphatic rings. The fourth-order valence-corrected chi connectivity index (χ4v) is 4.25. The van der Waals surface area contributed by atoms with Crippen LogP contribution in [0.4, 0.5) is 0 Å². The molecule has 1 fully saturated rings. The van der Waals surface area contributed by atoms with Crippen LogP contribution in [0.2, 0.25) is 0 Å². The van der Waals surface area contributed by atoms with Gasteiger partial charge in [0.2, 0.25) is 0 Å². The van der Waals surface area contributed by atoms with Gasteiger partial charge in [-0.25, -0.2) is 0 Å². The monoisotopic (exact) mass is 250 g/mol. The molecule has 0 N–H and O–H groups in total. The van der Waals surface area contributed by atoms with Crippen LogP contribution in [0, 0.1) is 17.3 Å². The number of ketones is 1. The first-order valence-corrected chi connectivity index (χ1v) is 7.12. The Bertz CT molecular complexity index is 383. The molecule has 3 atom stereocenters. The first kappa shape index (κ1) is 13.8. The predicted octanol–water partition coefficient (Wildman–Crippen LogP) is 3.75. The summed E-state index contributed by atoms with van der Waals surface area (Å²) in [5, 5.41) is 0. The Morgan fingerprint density at radius 3 is 2.61 bits per heavy atom. The average molecular weight is 250 g/mol. The molecule has 2 heteroatoms. The molecule has 0 spiro atoms. The zero-order chi connectivity index (χ0) is 13.6. The lowest BCUT2D eigenvalue weighted by Gasteiger charge is -2.46. The average Bonchev–Trinajstić information content (AvgIpc) is 2.63. The van der Waals surface area contributed by atoms with Crippen molar-refractivity contribution >= 4 is 5.78 Å². The number of hydrogen-bond donors (Lipinski definition) is 0. The minimum absolute atomic E-state index is 0.135. The minimum atomic E-state index is -0.194. The van der Waals surface area contributed by atoms with E-state index in [1.807, 2.05) is 21.0 Å². The molecule has 0 aromatic rings. The van der Waals surface area contributed by atoms with E-state index >= 15 is 0 Å². The third-order valence-electron chi connectivity index (χ3n) is 5.31. The van der Waals surface area contributed by atoms with E-state index in [1.54, 1.807) is 0 Å². The van der Waals surface area contributed by atoms with E-state index in [4.69, 9.17) is 4.74 Å². The second-order valence-corrected chi connectivity index (χ2v) is 6.68. The molecular formula is C16H26O2. The summed E-state index contributed by atoms with van der Waals surface area (Å²) in [5.74, 6) is 0.725. The van der Waals surface area contributed by atoms with E-state index in [2.05, 4.69) is 19.9 Å². The van der Waals surface area contributed by atoms with Crippen molar-refractivity contribution in [2.45, 2.75) is 59.0 Å². The number of Topliss-reactive ketones (excluding diaryl/α,β-unsaturated/α-hetero) is 1. The Labute approximate surface area is 111 Å². The molecule has 0 heterocycles. The molecule has 0 saturated heterocycles. The van der Waals surface area contributed by atoms with Crippen molar-refractivity contribution in [2.75, 3.05) is 7.11 Å². The van der Waals surface area contributed by atoms with Crippen molar-refractivity contribution in [3.05, 3.63) is 11.6 Å². The van der Waals surface area contributed by atoms with E-state index < -0.39 is 0 Å². The fraction of sp³-hybridized carbons (Fsp3) is 0.812. The van der Waals surface area contributed by atoms with Crippen molar-refractivity contribution in [3.8, 4) is 0 Å². The molecule has 0 aromatic heterocycles. The summed E-state index contributed by atoms with van der Waals surface area (Å²) in [6, 6.07) is 0. The van der Waals surface area contributed by atoms with Crippen molar-refractivity contribution < 1.29 is 9.53 Å². The van der Waals surface area contributed by atoms with Crippen LogP contribution in [-0.2, 0) is 9.53 Å². The molecule has 0 bridgehead atoms. The fourth-order valence-electron chi connectivity index (χ4n) is 4.25. The molecule has 0 aliphatic heterocycles. The van der Waals surface area contributed by atoms with Crippen LogP contribution in [-0.4, -0.2) is 18.5 Å². The summed E-state index contributed by atoms with van der Waals surface area (Å²) in [6.45, 7) is 8.49. The van der Waals surface area contributed by atoms with Crippen LogP contribution < -0.4 is 0 Å². The Morgan fingerprint density at radius 2 is 2.11 bits per heavy atom. The molecule has 0 radical (unpaired) electrons. The third-order valence-corrected chi connectivity index (χ3v) is 5.31. The van der Waals surface area contributed by atoms with Gasteiger partial charge in [-0.15, -0.1) is 0 Å². The largest absolute Gasteiger partial charge is 0.373 e. The number of carbonyl (C=O) groups is 1. The summed E-state index contributed by atoms with van der Waals surface area (Å²) >= 11 is 0. The molecular weight excluding hydrogens is 224 g/mol. The zero-order valence-electron chi connectivity index (χ0n) is 12.4. The number of fused-ring (bicyclic) bond motifs is 1. The van der Waals surface area contributed by atoms with Gasteiger partial charge >= 0.3 is 0 Å². The SMILES string of the molecule is COC12CC(C(=O)C(C)C)CC1(C)CCC=C2C. The lowest BCUT2D eigenvalue weighted by molar-refractivity contribution is -0.126. The molecule has 0 amide bonds. The number of rotatable bonds is 3. The van der Waals surface area contributed by atoms with Crippen molar-refractivity contribution in [1.29, 1.82) is 0 Å². The van der Waals surface area contributed by atoms with E-state index in [1.165, 1.54) is 5.57 Å². The predicted molar refractivity (Wildman–Crippen MR) is 73.4 cm³/mol. The van der Waals surface area contributed by atoms with Crippen molar-refractivity contribution in [3.63, 3.8) is 0 Å². The topological polar surface area (TPSA) is 26.3 Å². The van der Waals surface area contributed by atoms with Crippen LogP contribution in [0.15, 0.2) is 11.6 Å². The van der Waals surface area contributed by atoms with Crippen LogP contribution in [0.1, 0.15) is 53.4 Å². The second kappa shape index (κ2) is 4.48. The van der Waals surface area contributed by atoms with Crippen LogP contribution in [0.25, 0.3) is 0 Å². The van der Waals surface area contributed by atoms with Gasteiger partial charge < -0.3 is 4.74 Å². The summed E-state index contributed by atoms with van der Waals surface area (Å²) in [7, 11) is 1.81. The Balaban J connectivity index is 2.34. The smallest absolute Gasteiger partial charge is 0.138 e. The maximum Gasteiger partial charge on any atom is 0.138 e. The van der Waals surface area contributed by atoms with Crippen LogP contribution >= 0.6 is 0 Å². The maximum atomic E-state index is 12.3. The molecule has 102 valence electrons. The Kier molecular flexibility index (Phi) is 3.44. The molecule has 1 saturated carbocycles. The third kappa shape index (κ3) is 1.77. The number of hydrogen-bond acceptors (Lipinski definition) is 2. The molecule has 3 unspecified atom stereocenters. The minimum Gasteiger partial charge on any atom is -0.373 e. The summed E-state index contributed by atoms with van der Waals surface area (Å²) < 4.78 is 5.96. The van der Waals surface area contributed by atoms with Gasteiger partial charge in [0.15, 0.2) is 0 Å². The zero-order valence-corrected chi connectivity index (χ0v) is 12.4. The van der Waals surface area contributed by atoms with E-state index in [0.29, 0.717) is 5.78 Å². The highest BCUT2D eigenvalue weighted by Crippen LogP contribution is 2.59. The standard InChI is InChI=1S/C16H26O2/c1-11(2)14(17)13-9-15(4)8-6-7-12(3)16(15,10-13)18-5/h7,11,13H,6,8-10H2,1-5H3. The lowest BCUT2D eigenvalue weighted by atomic mass is 9.66. The van der Waals surface area contributed by atoms with Gasteiger partial charge in [-0.2, -0.15) is 0 Å². The van der Waals surface area contributed by atoms with E-state index in [9.17, 15) is 4.79 Å².